The Balaban J connectivity index is 2.33. The summed E-state index contributed by atoms with van der Waals surface area (Å²) in [7, 11) is 0. The van der Waals surface area contributed by atoms with Crippen LogP contribution in [0.1, 0.15) is 0 Å². The van der Waals surface area contributed by atoms with Crippen LogP contribution in [0.15, 0.2) is 46.6 Å². The summed E-state index contributed by atoms with van der Waals surface area (Å²) in [6, 6.07) is 5.39. The van der Waals surface area contributed by atoms with E-state index in [2.05, 4.69) is 20.9 Å². The van der Waals surface area contributed by atoms with E-state index in [0.717, 1.165) is 16.1 Å². The van der Waals surface area contributed by atoms with Crippen LogP contribution in [0.25, 0.3) is 21.6 Å². The zero-order chi connectivity index (χ0) is 14.1. The monoisotopic (exact) mass is 286 g/mol. The second-order valence-electron chi connectivity index (χ2n) is 4.08. The van der Waals surface area contributed by atoms with Gasteiger partial charge in [-0.2, -0.15) is 4.37 Å². The van der Waals surface area contributed by atoms with Crippen molar-refractivity contribution in [2.24, 2.45) is 0 Å². The third-order valence-corrected chi connectivity index (χ3v) is 3.66. The van der Waals surface area contributed by atoms with Crippen LogP contribution >= 0.6 is 11.5 Å². The Labute approximate surface area is 117 Å². The van der Waals surface area contributed by atoms with Gasteiger partial charge in [0, 0.05) is 12.7 Å². The van der Waals surface area contributed by atoms with Crippen LogP contribution in [0.4, 0.5) is 0 Å². The average molecular weight is 286 g/mol. The summed E-state index contributed by atoms with van der Waals surface area (Å²) in [6.07, 6.45) is 3.14. The van der Waals surface area contributed by atoms with E-state index in [9.17, 15) is 9.59 Å². The standard InChI is InChI=1S/C13H10N4O2S/c1-2-7-17-12(18)11-10(15-13(17)19)9(16-20-11)8-5-3-4-6-14-8/h2-6H,1,7H2,(H,15,19). The van der Waals surface area contributed by atoms with Gasteiger partial charge in [0.15, 0.2) is 0 Å². The third kappa shape index (κ3) is 1.88. The third-order valence-electron chi connectivity index (χ3n) is 2.83. The molecule has 0 aromatic carbocycles. The fourth-order valence-electron chi connectivity index (χ4n) is 1.91. The van der Waals surface area contributed by atoms with Gasteiger partial charge >= 0.3 is 5.69 Å². The van der Waals surface area contributed by atoms with E-state index >= 15 is 0 Å². The molecule has 0 aliphatic carbocycles. The van der Waals surface area contributed by atoms with Crippen molar-refractivity contribution in [3.63, 3.8) is 0 Å². The van der Waals surface area contributed by atoms with Gasteiger partial charge in [0.2, 0.25) is 0 Å². The van der Waals surface area contributed by atoms with Crippen molar-refractivity contribution < 1.29 is 0 Å². The van der Waals surface area contributed by atoms with E-state index in [4.69, 9.17) is 0 Å². The second kappa shape index (κ2) is 4.86. The van der Waals surface area contributed by atoms with E-state index in [0.29, 0.717) is 21.6 Å². The minimum absolute atomic E-state index is 0.168. The SMILES string of the molecule is C=CCn1c(=O)[nH]c2c(-c3ccccn3)nsc2c1=O. The molecule has 0 saturated heterocycles. The molecule has 6 nitrogen and oxygen atoms in total. The number of allylic oxidation sites excluding steroid dienone is 1. The number of hydrogen-bond acceptors (Lipinski definition) is 5. The van der Waals surface area contributed by atoms with Crippen LogP contribution in [-0.2, 0) is 6.54 Å². The van der Waals surface area contributed by atoms with Gasteiger partial charge in [0.25, 0.3) is 5.56 Å². The van der Waals surface area contributed by atoms with Crippen LogP contribution in [0.2, 0.25) is 0 Å². The number of fused-ring (bicyclic) bond motifs is 1. The van der Waals surface area contributed by atoms with Crippen molar-refractivity contribution in [2.75, 3.05) is 0 Å². The molecule has 0 amide bonds. The zero-order valence-corrected chi connectivity index (χ0v) is 11.2. The Bertz CT molecular complexity index is 892. The van der Waals surface area contributed by atoms with Crippen LogP contribution in [-0.4, -0.2) is 18.9 Å². The molecule has 0 radical (unpaired) electrons. The molecule has 0 fully saturated rings. The van der Waals surface area contributed by atoms with E-state index < -0.39 is 5.69 Å². The Hall–Kier alpha value is -2.54. The second-order valence-corrected chi connectivity index (χ2v) is 4.86. The lowest BCUT2D eigenvalue weighted by Gasteiger charge is -2.01. The normalized spacial score (nSPS) is 10.8. The van der Waals surface area contributed by atoms with E-state index in [-0.39, 0.29) is 12.1 Å². The fraction of sp³-hybridized carbons (Fsp3) is 0.0769. The molecule has 3 aromatic heterocycles. The van der Waals surface area contributed by atoms with Crippen molar-refractivity contribution in [1.82, 2.24) is 18.9 Å². The van der Waals surface area contributed by atoms with Crippen LogP contribution < -0.4 is 11.2 Å². The van der Waals surface area contributed by atoms with Gasteiger partial charge in [0.05, 0.1) is 11.2 Å². The lowest BCUT2D eigenvalue weighted by atomic mass is 10.2. The van der Waals surface area contributed by atoms with Crippen molar-refractivity contribution in [3.8, 4) is 11.4 Å². The number of aromatic amines is 1. The molecule has 0 atom stereocenters. The van der Waals surface area contributed by atoms with E-state index in [1.807, 2.05) is 6.07 Å². The quantitative estimate of drug-likeness (QED) is 0.738. The largest absolute Gasteiger partial charge is 0.329 e. The molecule has 20 heavy (non-hydrogen) atoms. The molecule has 7 heteroatoms. The first kappa shape index (κ1) is 12.5. The fourth-order valence-corrected chi connectivity index (χ4v) is 2.71. The summed E-state index contributed by atoms with van der Waals surface area (Å²) < 4.78 is 5.74. The first-order chi connectivity index (χ1) is 9.72. The number of rotatable bonds is 3. The highest BCUT2D eigenvalue weighted by Gasteiger charge is 2.15. The molecule has 0 unspecified atom stereocenters. The Morgan fingerprint density at radius 1 is 1.40 bits per heavy atom. The molecule has 0 spiro atoms. The predicted octanol–water partition coefficient (Wildman–Crippen LogP) is 1.39. The Morgan fingerprint density at radius 2 is 2.25 bits per heavy atom. The molecule has 1 N–H and O–H groups in total. The van der Waals surface area contributed by atoms with Crippen molar-refractivity contribution in [3.05, 3.63) is 57.9 Å². The molecular weight excluding hydrogens is 276 g/mol. The number of hydrogen-bond donors (Lipinski definition) is 1. The number of nitrogens with zero attached hydrogens (tertiary/aromatic N) is 3. The molecule has 3 heterocycles. The van der Waals surface area contributed by atoms with Crippen molar-refractivity contribution in [1.29, 1.82) is 0 Å². The molecular formula is C13H10N4O2S. The minimum Gasteiger partial charge on any atom is -0.304 e. The number of nitrogens with one attached hydrogen (secondary N) is 1. The summed E-state index contributed by atoms with van der Waals surface area (Å²) in [4.78, 5) is 31.1. The van der Waals surface area contributed by atoms with Gasteiger partial charge in [0.1, 0.15) is 10.4 Å². The number of H-pyrrole nitrogens is 1. The molecule has 0 aliphatic heterocycles. The summed E-state index contributed by atoms with van der Waals surface area (Å²) in [6.45, 7) is 3.70. The first-order valence-corrected chi connectivity index (χ1v) is 6.64. The van der Waals surface area contributed by atoms with Gasteiger partial charge < -0.3 is 4.98 Å². The van der Waals surface area contributed by atoms with Crippen molar-refractivity contribution in [2.45, 2.75) is 6.54 Å². The highest BCUT2D eigenvalue weighted by atomic mass is 32.1. The zero-order valence-electron chi connectivity index (χ0n) is 10.4. The first-order valence-electron chi connectivity index (χ1n) is 5.87. The molecule has 0 saturated carbocycles. The predicted molar refractivity (Wildman–Crippen MR) is 77.9 cm³/mol. The van der Waals surface area contributed by atoms with Crippen LogP contribution in [0.5, 0.6) is 0 Å². The summed E-state index contributed by atoms with van der Waals surface area (Å²) in [5.41, 5.74) is 0.743. The van der Waals surface area contributed by atoms with Crippen LogP contribution in [0, 0.1) is 0 Å². The maximum Gasteiger partial charge on any atom is 0.329 e. The summed E-state index contributed by atoms with van der Waals surface area (Å²) in [5, 5.41) is 0. The minimum atomic E-state index is -0.472. The lowest BCUT2D eigenvalue weighted by Crippen LogP contribution is -2.34. The highest BCUT2D eigenvalue weighted by Crippen LogP contribution is 2.24. The number of aromatic nitrogens is 4. The van der Waals surface area contributed by atoms with Gasteiger partial charge in [-0.3, -0.25) is 14.3 Å². The van der Waals surface area contributed by atoms with Gasteiger partial charge in [-0.05, 0) is 23.7 Å². The molecule has 3 aromatic rings. The van der Waals surface area contributed by atoms with Crippen molar-refractivity contribution >= 4 is 21.7 Å². The summed E-state index contributed by atoms with van der Waals surface area (Å²) in [5.74, 6) is 0. The summed E-state index contributed by atoms with van der Waals surface area (Å²) >= 11 is 1.06. The van der Waals surface area contributed by atoms with Gasteiger partial charge in [-0.15, -0.1) is 6.58 Å². The number of pyridine rings is 1. The molecule has 0 aliphatic rings. The van der Waals surface area contributed by atoms with Gasteiger partial charge in [-0.1, -0.05) is 12.1 Å². The van der Waals surface area contributed by atoms with Gasteiger partial charge in [-0.25, -0.2) is 4.79 Å². The molecule has 0 bridgehead atoms. The molecule has 100 valence electrons. The maximum atomic E-state index is 12.2. The Morgan fingerprint density at radius 3 is 2.95 bits per heavy atom. The Kier molecular flexibility index (Phi) is 3.03. The lowest BCUT2D eigenvalue weighted by molar-refractivity contribution is 0.730. The smallest absolute Gasteiger partial charge is 0.304 e. The van der Waals surface area contributed by atoms with E-state index in [1.165, 1.54) is 6.08 Å². The maximum absolute atomic E-state index is 12.2. The topological polar surface area (TPSA) is 80.6 Å². The molecule has 3 rings (SSSR count). The van der Waals surface area contributed by atoms with Crippen LogP contribution in [0.3, 0.4) is 0 Å². The average Bonchev–Trinajstić information content (AvgIpc) is 2.88. The highest BCUT2D eigenvalue weighted by molar-refractivity contribution is 7.13. The van der Waals surface area contributed by atoms with E-state index in [1.54, 1.807) is 18.3 Å².